The van der Waals surface area contributed by atoms with Gasteiger partial charge < -0.3 is 34.1 Å². The number of rotatable bonds is 32. The minimum atomic E-state index is -4.51. The van der Waals surface area contributed by atoms with E-state index in [4.69, 9.17) is 4.89 Å². The molecule has 0 fully saturated rings. The number of aliphatic hydroxyl groups excluding tert-OH is 2. The Morgan fingerprint density at radius 2 is 0.979 bits per heavy atom. The second kappa shape index (κ2) is 30.1. The lowest BCUT2D eigenvalue weighted by molar-refractivity contribution is -0.870. The summed E-state index contributed by atoms with van der Waals surface area (Å²) in [4.78, 5) is 43.7. The highest BCUT2D eigenvalue weighted by Gasteiger charge is 2.48. The Labute approximate surface area is 287 Å². The zero-order valence-corrected chi connectivity index (χ0v) is 31.8. The number of quaternary nitrogens is 1. The summed E-state index contributed by atoms with van der Waals surface area (Å²) in [6.07, 6.45) is 23.7. The zero-order valence-electron chi connectivity index (χ0n) is 30.9. The number of carbonyl (C=O) groups excluding carboxylic acids is 2. The number of ketones is 2. The van der Waals surface area contributed by atoms with Gasteiger partial charge in [-0.15, -0.1) is 0 Å². The molecule has 0 rings (SSSR count). The molecule has 0 aliphatic carbocycles. The average molecular weight is 696 g/mol. The third kappa shape index (κ3) is 29.9. The predicted molar refractivity (Wildman–Crippen MR) is 189 cm³/mol. The lowest BCUT2D eigenvalue weighted by Gasteiger charge is -2.29. The summed E-state index contributed by atoms with van der Waals surface area (Å²) < 4.78 is 14.8. The molecule has 0 aromatic heterocycles. The molecule has 0 radical (unpaired) electrons. The smallest absolute Gasteiger partial charge is 0.265 e. The van der Waals surface area contributed by atoms with Crippen LogP contribution in [0.5, 0.6) is 0 Å². The molecule has 0 saturated carbocycles. The molecule has 0 aliphatic rings. The Balaban J connectivity index is 0. The van der Waals surface area contributed by atoms with Crippen LogP contribution in [0, 0.1) is 0 Å². The van der Waals surface area contributed by atoms with E-state index in [1.54, 1.807) is 0 Å². The summed E-state index contributed by atoms with van der Waals surface area (Å²) in [5.74, 6) is -1.29. The SMILES string of the molecule is CCCCCCCCCCCCCC(=O)C(O)(C(=O)CCCCCCCCCCCCC)[C@@H](O)CO.C[N+](C)(C)CCOP(=O)([O-])O. The van der Waals surface area contributed by atoms with Gasteiger partial charge in [-0.1, -0.05) is 142 Å². The molecule has 2 atom stereocenters. The monoisotopic (exact) mass is 696 g/mol. The molecular formula is C36H74NO9P. The molecule has 282 valence electrons. The van der Waals surface area contributed by atoms with Crippen LogP contribution >= 0.6 is 7.82 Å². The molecule has 0 aliphatic heterocycles. The fraction of sp³-hybridized carbons (Fsp3) is 0.944. The number of unbranched alkanes of at least 4 members (excludes halogenated alkanes) is 20. The van der Waals surface area contributed by atoms with Gasteiger partial charge in [0.15, 0.2) is 11.6 Å². The maximum atomic E-state index is 12.7. The van der Waals surface area contributed by atoms with Crippen molar-refractivity contribution < 1.29 is 48.3 Å². The van der Waals surface area contributed by atoms with Crippen molar-refractivity contribution in [3.05, 3.63) is 0 Å². The van der Waals surface area contributed by atoms with Gasteiger partial charge in [0.25, 0.3) is 7.82 Å². The van der Waals surface area contributed by atoms with Crippen molar-refractivity contribution in [1.82, 2.24) is 0 Å². The van der Waals surface area contributed by atoms with Crippen molar-refractivity contribution in [2.45, 2.75) is 180 Å². The molecule has 0 aromatic rings. The topological polar surface area (TPSA) is 164 Å². The van der Waals surface area contributed by atoms with Crippen LogP contribution in [0.2, 0.25) is 0 Å². The number of phosphoric acid groups is 1. The van der Waals surface area contributed by atoms with Gasteiger partial charge in [-0.2, -0.15) is 0 Å². The molecule has 11 heteroatoms. The van der Waals surface area contributed by atoms with E-state index in [2.05, 4.69) is 18.4 Å². The fourth-order valence-corrected chi connectivity index (χ4v) is 5.68. The third-order valence-electron chi connectivity index (χ3n) is 8.54. The van der Waals surface area contributed by atoms with Crippen LogP contribution in [-0.4, -0.2) is 88.9 Å². The van der Waals surface area contributed by atoms with Crippen LogP contribution in [0.4, 0.5) is 0 Å². The quantitative estimate of drug-likeness (QED) is 0.0257. The van der Waals surface area contributed by atoms with Gasteiger partial charge in [-0.3, -0.25) is 14.2 Å². The van der Waals surface area contributed by atoms with E-state index in [0.29, 0.717) is 23.9 Å². The number of nitrogens with zero attached hydrogens (tertiary/aromatic N) is 1. The molecule has 1 unspecified atom stereocenters. The molecule has 47 heavy (non-hydrogen) atoms. The Bertz CT molecular complexity index is 760. The number of aliphatic hydroxyl groups is 3. The van der Waals surface area contributed by atoms with E-state index in [1.165, 1.54) is 89.9 Å². The van der Waals surface area contributed by atoms with Gasteiger partial charge in [0.05, 0.1) is 27.7 Å². The van der Waals surface area contributed by atoms with Gasteiger partial charge in [0.1, 0.15) is 19.3 Å². The first-order valence-electron chi connectivity index (χ1n) is 18.7. The number of Topliss-reactive ketones (excluding diaryl/α,β-unsaturated/α-hetero) is 2. The van der Waals surface area contributed by atoms with Crippen LogP contribution < -0.4 is 4.89 Å². The van der Waals surface area contributed by atoms with Crippen molar-refractivity contribution in [2.24, 2.45) is 0 Å². The van der Waals surface area contributed by atoms with E-state index in [9.17, 15) is 34.4 Å². The van der Waals surface area contributed by atoms with Crippen molar-refractivity contribution in [3.8, 4) is 0 Å². The Kier molecular flexibility index (Phi) is 31.0. The molecule has 0 heterocycles. The van der Waals surface area contributed by atoms with E-state index in [0.717, 1.165) is 38.5 Å². The Morgan fingerprint density at radius 1 is 0.681 bits per heavy atom. The Morgan fingerprint density at radius 3 is 1.23 bits per heavy atom. The van der Waals surface area contributed by atoms with Crippen molar-refractivity contribution in [1.29, 1.82) is 0 Å². The lowest BCUT2D eigenvalue weighted by Crippen LogP contribution is -2.57. The van der Waals surface area contributed by atoms with Crippen molar-refractivity contribution in [2.75, 3.05) is 40.9 Å². The van der Waals surface area contributed by atoms with Gasteiger partial charge in [0, 0.05) is 12.8 Å². The summed E-state index contributed by atoms with van der Waals surface area (Å²) in [6.45, 7) is 4.20. The first-order chi connectivity index (χ1) is 22.2. The normalized spacial score (nSPS) is 13.9. The molecule has 0 saturated heterocycles. The summed E-state index contributed by atoms with van der Waals surface area (Å²) in [5.41, 5.74) is -2.47. The molecule has 0 aromatic carbocycles. The first kappa shape index (κ1) is 48.4. The number of carbonyl (C=O) groups is 2. The van der Waals surface area contributed by atoms with Crippen molar-refractivity contribution in [3.63, 3.8) is 0 Å². The predicted octanol–water partition coefficient (Wildman–Crippen LogP) is 6.78. The third-order valence-corrected chi connectivity index (χ3v) is 9.05. The lowest BCUT2D eigenvalue weighted by atomic mass is 9.82. The second-order valence-electron chi connectivity index (χ2n) is 14.2. The van der Waals surface area contributed by atoms with E-state index in [1.807, 2.05) is 21.1 Å². The molecule has 0 amide bonds. The molecular weight excluding hydrogens is 621 g/mol. The highest BCUT2D eigenvalue weighted by molar-refractivity contribution is 7.44. The summed E-state index contributed by atoms with van der Waals surface area (Å²) in [7, 11) is 1.19. The maximum Gasteiger partial charge on any atom is 0.265 e. The summed E-state index contributed by atoms with van der Waals surface area (Å²) in [5, 5.41) is 30.3. The minimum Gasteiger partial charge on any atom is -0.756 e. The highest BCUT2D eigenvalue weighted by atomic mass is 31.2. The van der Waals surface area contributed by atoms with Gasteiger partial charge in [-0.05, 0) is 12.8 Å². The largest absolute Gasteiger partial charge is 0.756 e. The standard InChI is InChI=1S/C31H60O5.C5H14NO4P/c1-3-5-7-9-11-13-15-17-19-21-23-25-28(33)31(36,30(35)27-32)29(34)26-24-22-20-18-16-14-12-10-8-6-4-2;1-6(2,3)4-5-10-11(7,8)9/h30,32,35-36H,3-27H2,1-2H3;4-5H2,1-3H3,(H-,7,8,9)/t30-;/m0./s1. The van der Waals surface area contributed by atoms with Crippen LogP contribution in [0.25, 0.3) is 0 Å². The van der Waals surface area contributed by atoms with Gasteiger partial charge >= 0.3 is 0 Å². The number of phosphoric ester groups is 1. The zero-order chi connectivity index (χ0) is 36.0. The van der Waals surface area contributed by atoms with Crippen LogP contribution in [0.1, 0.15) is 168 Å². The van der Waals surface area contributed by atoms with E-state index >= 15 is 0 Å². The summed E-state index contributed by atoms with van der Waals surface area (Å²) >= 11 is 0. The average Bonchev–Trinajstić information content (AvgIpc) is 3.00. The summed E-state index contributed by atoms with van der Waals surface area (Å²) in [6, 6.07) is 0. The fourth-order valence-electron chi connectivity index (χ4n) is 5.37. The highest BCUT2D eigenvalue weighted by Crippen LogP contribution is 2.29. The van der Waals surface area contributed by atoms with E-state index in [-0.39, 0.29) is 19.4 Å². The number of hydrogen-bond donors (Lipinski definition) is 4. The molecule has 0 bridgehead atoms. The van der Waals surface area contributed by atoms with Gasteiger partial charge in [-0.25, -0.2) is 0 Å². The van der Waals surface area contributed by atoms with Crippen molar-refractivity contribution >= 4 is 19.4 Å². The first-order valence-corrected chi connectivity index (χ1v) is 20.2. The maximum absolute atomic E-state index is 12.7. The Hall–Kier alpha value is -0.710. The molecule has 4 N–H and O–H groups in total. The van der Waals surface area contributed by atoms with Crippen LogP contribution in [0.15, 0.2) is 0 Å². The molecule has 10 nitrogen and oxygen atoms in total. The second-order valence-corrected chi connectivity index (χ2v) is 15.4. The van der Waals surface area contributed by atoms with Crippen LogP contribution in [0.3, 0.4) is 0 Å². The van der Waals surface area contributed by atoms with Crippen LogP contribution in [-0.2, 0) is 18.7 Å². The van der Waals surface area contributed by atoms with Gasteiger partial charge in [0.2, 0.25) is 5.60 Å². The number of hydrogen-bond acceptors (Lipinski definition) is 8. The number of likely N-dealkylation sites (N-methyl/N-ethyl adjacent to an activating group) is 1. The molecule has 0 spiro atoms. The minimum absolute atomic E-state index is 0.0147. The van der Waals surface area contributed by atoms with E-state index < -0.39 is 37.7 Å².